The van der Waals surface area contributed by atoms with E-state index in [1.54, 1.807) is 23.2 Å². The lowest BCUT2D eigenvalue weighted by molar-refractivity contribution is -0.131. The summed E-state index contributed by atoms with van der Waals surface area (Å²) in [5.74, 6) is 0.0593. The van der Waals surface area contributed by atoms with Crippen molar-refractivity contribution >= 4 is 11.8 Å². The van der Waals surface area contributed by atoms with Crippen LogP contribution >= 0.6 is 0 Å². The number of amides is 2. The summed E-state index contributed by atoms with van der Waals surface area (Å²) in [6.07, 6.45) is 2.04. The molecule has 0 atom stereocenters. The van der Waals surface area contributed by atoms with Gasteiger partial charge in [0, 0.05) is 32.4 Å². The van der Waals surface area contributed by atoms with Gasteiger partial charge in [-0.1, -0.05) is 18.2 Å². The molecule has 5 heteroatoms. The molecule has 0 radical (unpaired) electrons. The fourth-order valence-corrected chi connectivity index (χ4v) is 3.30. The molecule has 136 valence electrons. The van der Waals surface area contributed by atoms with E-state index in [1.807, 2.05) is 11.0 Å². The van der Waals surface area contributed by atoms with Crippen LogP contribution in [-0.4, -0.2) is 52.8 Å². The van der Waals surface area contributed by atoms with Crippen LogP contribution in [0.4, 0.5) is 0 Å². The maximum Gasteiger partial charge on any atom is 0.272 e. The second-order valence-corrected chi connectivity index (χ2v) is 6.93. The molecule has 2 heterocycles. The van der Waals surface area contributed by atoms with Crippen LogP contribution in [-0.2, 0) is 11.2 Å². The van der Waals surface area contributed by atoms with Crippen LogP contribution in [0.5, 0.6) is 0 Å². The van der Waals surface area contributed by atoms with Crippen molar-refractivity contribution in [3.05, 3.63) is 64.5 Å². The monoisotopic (exact) mass is 351 g/mol. The average molecular weight is 351 g/mol. The lowest BCUT2D eigenvalue weighted by Crippen LogP contribution is -2.51. The minimum absolute atomic E-state index is 0.0669. The standard InChI is InChI=1S/C21H25N3O2/c1-15-12-17(3)18(13-16(15)2)14-20(25)23-8-10-24(11-9-23)21(26)19-6-4-5-7-22-19/h4-7,12-13H,8-11,14H2,1-3H3. The zero-order valence-corrected chi connectivity index (χ0v) is 15.7. The third kappa shape index (κ3) is 3.93. The number of piperazine rings is 1. The molecule has 2 aromatic rings. The average Bonchev–Trinajstić information content (AvgIpc) is 2.66. The van der Waals surface area contributed by atoms with Crippen molar-refractivity contribution in [2.24, 2.45) is 0 Å². The summed E-state index contributed by atoms with van der Waals surface area (Å²) >= 11 is 0. The van der Waals surface area contributed by atoms with E-state index < -0.39 is 0 Å². The molecule has 5 nitrogen and oxygen atoms in total. The van der Waals surface area contributed by atoms with E-state index >= 15 is 0 Å². The van der Waals surface area contributed by atoms with Crippen LogP contribution in [0.3, 0.4) is 0 Å². The Balaban J connectivity index is 1.59. The minimum atomic E-state index is -0.0669. The summed E-state index contributed by atoms with van der Waals surface area (Å²) in [4.78, 5) is 32.9. The molecule has 2 amide bonds. The number of aromatic nitrogens is 1. The van der Waals surface area contributed by atoms with Gasteiger partial charge in [-0.05, 0) is 55.2 Å². The number of pyridine rings is 1. The third-order valence-corrected chi connectivity index (χ3v) is 5.10. The highest BCUT2D eigenvalue weighted by atomic mass is 16.2. The van der Waals surface area contributed by atoms with Crippen LogP contribution in [0.2, 0.25) is 0 Å². The molecule has 3 rings (SSSR count). The van der Waals surface area contributed by atoms with Crippen molar-refractivity contribution in [2.45, 2.75) is 27.2 Å². The molecule has 1 saturated heterocycles. The van der Waals surface area contributed by atoms with Gasteiger partial charge in [0.15, 0.2) is 0 Å². The van der Waals surface area contributed by atoms with Gasteiger partial charge in [0.1, 0.15) is 5.69 Å². The fourth-order valence-electron chi connectivity index (χ4n) is 3.30. The van der Waals surface area contributed by atoms with Crippen LogP contribution < -0.4 is 0 Å². The highest BCUT2D eigenvalue weighted by Crippen LogP contribution is 2.17. The normalized spacial score (nSPS) is 14.4. The molecule has 0 unspecified atom stereocenters. The Labute approximate surface area is 154 Å². The summed E-state index contributed by atoms with van der Waals surface area (Å²) in [6, 6.07) is 9.58. The SMILES string of the molecule is Cc1cc(C)c(CC(=O)N2CCN(C(=O)c3ccccn3)CC2)cc1C. The maximum absolute atomic E-state index is 12.7. The molecule has 0 aliphatic carbocycles. The van der Waals surface area contributed by atoms with Crippen LogP contribution in [0.25, 0.3) is 0 Å². The first-order valence-electron chi connectivity index (χ1n) is 9.00. The smallest absolute Gasteiger partial charge is 0.272 e. The van der Waals surface area contributed by atoms with Crippen molar-refractivity contribution < 1.29 is 9.59 Å². The summed E-state index contributed by atoms with van der Waals surface area (Å²) in [5.41, 5.74) is 5.16. The molecular weight excluding hydrogens is 326 g/mol. The zero-order chi connectivity index (χ0) is 18.7. The molecule has 0 bridgehead atoms. The second kappa shape index (κ2) is 7.68. The summed E-state index contributed by atoms with van der Waals surface area (Å²) in [5, 5.41) is 0. The first kappa shape index (κ1) is 18.1. The number of hydrogen-bond donors (Lipinski definition) is 0. The van der Waals surface area contributed by atoms with Gasteiger partial charge >= 0.3 is 0 Å². The molecule has 1 aliphatic heterocycles. The van der Waals surface area contributed by atoms with Gasteiger partial charge < -0.3 is 9.80 Å². The van der Waals surface area contributed by atoms with E-state index in [0.29, 0.717) is 38.3 Å². The lowest BCUT2D eigenvalue weighted by atomic mass is 9.98. The van der Waals surface area contributed by atoms with Crippen molar-refractivity contribution in [3.63, 3.8) is 0 Å². The summed E-state index contributed by atoms with van der Waals surface area (Å²) in [7, 11) is 0. The molecule has 1 aromatic heterocycles. The van der Waals surface area contributed by atoms with Crippen molar-refractivity contribution in [1.29, 1.82) is 0 Å². The van der Waals surface area contributed by atoms with Crippen molar-refractivity contribution in [1.82, 2.24) is 14.8 Å². The molecular formula is C21H25N3O2. The molecule has 1 aliphatic rings. The lowest BCUT2D eigenvalue weighted by Gasteiger charge is -2.34. The highest BCUT2D eigenvalue weighted by Gasteiger charge is 2.25. The van der Waals surface area contributed by atoms with Gasteiger partial charge in [-0.2, -0.15) is 0 Å². The Kier molecular flexibility index (Phi) is 5.35. The van der Waals surface area contributed by atoms with E-state index in [4.69, 9.17) is 0 Å². The number of benzene rings is 1. The number of carbonyl (C=O) groups excluding carboxylic acids is 2. The van der Waals surface area contributed by atoms with Gasteiger partial charge in [0.25, 0.3) is 5.91 Å². The zero-order valence-electron chi connectivity index (χ0n) is 15.7. The van der Waals surface area contributed by atoms with Crippen molar-refractivity contribution in [3.8, 4) is 0 Å². The predicted octanol–water partition coefficient (Wildman–Crippen LogP) is 2.53. The second-order valence-electron chi connectivity index (χ2n) is 6.93. The molecule has 0 N–H and O–H groups in total. The topological polar surface area (TPSA) is 53.5 Å². The fraction of sp³-hybridized carbons (Fsp3) is 0.381. The van der Waals surface area contributed by atoms with Crippen LogP contribution in [0.15, 0.2) is 36.5 Å². The largest absolute Gasteiger partial charge is 0.339 e. The van der Waals surface area contributed by atoms with E-state index in [0.717, 1.165) is 11.1 Å². The van der Waals surface area contributed by atoms with E-state index in [2.05, 4.69) is 37.9 Å². The third-order valence-electron chi connectivity index (χ3n) is 5.10. The number of aryl methyl sites for hydroxylation is 3. The number of hydrogen-bond acceptors (Lipinski definition) is 3. The molecule has 1 aromatic carbocycles. The Hall–Kier alpha value is -2.69. The van der Waals surface area contributed by atoms with Gasteiger partial charge in [0.05, 0.1) is 6.42 Å². The maximum atomic E-state index is 12.7. The Morgan fingerprint density at radius 3 is 2.23 bits per heavy atom. The Bertz CT molecular complexity index is 810. The molecule has 0 spiro atoms. The minimum Gasteiger partial charge on any atom is -0.339 e. The van der Waals surface area contributed by atoms with E-state index in [9.17, 15) is 9.59 Å². The van der Waals surface area contributed by atoms with Crippen LogP contribution in [0, 0.1) is 20.8 Å². The molecule has 0 saturated carbocycles. The highest BCUT2D eigenvalue weighted by molar-refractivity contribution is 5.92. The molecule has 1 fully saturated rings. The van der Waals surface area contributed by atoms with Gasteiger partial charge in [-0.3, -0.25) is 14.6 Å². The van der Waals surface area contributed by atoms with Gasteiger partial charge in [-0.15, -0.1) is 0 Å². The van der Waals surface area contributed by atoms with Crippen LogP contribution in [0.1, 0.15) is 32.7 Å². The van der Waals surface area contributed by atoms with E-state index in [1.165, 1.54) is 11.1 Å². The van der Waals surface area contributed by atoms with E-state index in [-0.39, 0.29) is 11.8 Å². The van der Waals surface area contributed by atoms with Gasteiger partial charge in [-0.25, -0.2) is 0 Å². The summed E-state index contributed by atoms with van der Waals surface area (Å²) in [6.45, 7) is 8.46. The van der Waals surface area contributed by atoms with Gasteiger partial charge in [0.2, 0.25) is 5.91 Å². The Morgan fingerprint density at radius 1 is 0.923 bits per heavy atom. The first-order valence-corrected chi connectivity index (χ1v) is 9.00. The summed E-state index contributed by atoms with van der Waals surface area (Å²) < 4.78 is 0. The first-order chi connectivity index (χ1) is 12.5. The molecule has 26 heavy (non-hydrogen) atoms. The number of nitrogens with zero attached hydrogens (tertiary/aromatic N) is 3. The Morgan fingerprint density at radius 2 is 1.58 bits per heavy atom. The number of rotatable bonds is 3. The number of carbonyl (C=O) groups is 2. The van der Waals surface area contributed by atoms with Crippen molar-refractivity contribution in [2.75, 3.05) is 26.2 Å². The predicted molar refractivity (Wildman–Crippen MR) is 101 cm³/mol. The quantitative estimate of drug-likeness (QED) is 0.854.